The molecule has 1 aliphatic heterocycles. The minimum absolute atomic E-state index is 0.274. The van der Waals surface area contributed by atoms with Crippen molar-refractivity contribution in [2.45, 2.75) is 38.7 Å². The van der Waals surface area contributed by atoms with Gasteiger partial charge in [-0.1, -0.05) is 44.2 Å². The van der Waals surface area contributed by atoms with Gasteiger partial charge in [0.15, 0.2) is 0 Å². The second kappa shape index (κ2) is 6.25. The molecular weight excluding hydrogens is 248 g/mol. The van der Waals surface area contributed by atoms with E-state index in [1.54, 1.807) is 0 Å². The minimum atomic E-state index is -0.895. The van der Waals surface area contributed by atoms with Gasteiger partial charge < -0.3 is 15.7 Å². The van der Waals surface area contributed by atoms with Gasteiger partial charge in [-0.2, -0.15) is 0 Å². The Morgan fingerprint density at radius 3 is 2.35 bits per heavy atom. The third-order valence-electron chi connectivity index (χ3n) is 4.70. The summed E-state index contributed by atoms with van der Waals surface area (Å²) < 4.78 is 0. The van der Waals surface area contributed by atoms with Crippen molar-refractivity contribution in [1.29, 1.82) is 0 Å². The molecule has 2 rings (SSSR count). The maximum absolute atomic E-state index is 10.8. The molecule has 0 spiro atoms. The van der Waals surface area contributed by atoms with Crippen molar-refractivity contribution in [3.8, 4) is 0 Å². The predicted molar refractivity (Wildman–Crippen MR) is 83.5 cm³/mol. The van der Waals surface area contributed by atoms with Crippen LogP contribution in [0.3, 0.4) is 0 Å². The Bertz CT molecular complexity index is 408. The highest BCUT2D eigenvalue weighted by atomic mass is 16.3. The van der Waals surface area contributed by atoms with Gasteiger partial charge in [-0.05, 0) is 43.3 Å². The van der Waals surface area contributed by atoms with Gasteiger partial charge in [-0.3, -0.25) is 0 Å². The van der Waals surface area contributed by atoms with Gasteiger partial charge in [0.05, 0.1) is 0 Å². The average molecular weight is 276 g/mol. The number of likely N-dealkylation sites (tertiary alicyclic amines) is 1. The van der Waals surface area contributed by atoms with E-state index in [4.69, 9.17) is 5.73 Å². The molecule has 0 saturated carbocycles. The lowest BCUT2D eigenvalue weighted by Crippen LogP contribution is -2.42. The fourth-order valence-corrected chi connectivity index (χ4v) is 2.84. The summed E-state index contributed by atoms with van der Waals surface area (Å²) >= 11 is 0. The molecule has 0 amide bonds. The molecule has 0 aliphatic carbocycles. The summed E-state index contributed by atoms with van der Waals surface area (Å²) in [4.78, 5) is 2.45. The number of aliphatic hydroxyl groups is 1. The zero-order chi connectivity index (χ0) is 14.6. The first-order chi connectivity index (χ1) is 9.45. The van der Waals surface area contributed by atoms with Crippen LogP contribution in [-0.4, -0.2) is 36.2 Å². The van der Waals surface area contributed by atoms with Crippen molar-refractivity contribution in [3.05, 3.63) is 35.9 Å². The van der Waals surface area contributed by atoms with Gasteiger partial charge >= 0.3 is 0 Å². The van der Waals surface area contributed by atoms with E-state index in [9.17, 15) is 5.11 Å². The summed E-state index contributed by atoms with van der Waals surface area (Å²) in [6.45, 7) is 8.12. The van der Waals surface area contributed by atoms with E-state index in [-0.39, 0.29) is 6.54 Å². The van der Waals surface area contributed by atoms with Crippen LogP contribution in [0.15, 0.2) is 30.3 Å². The molecule has 0 aromatic heterocycles. The van der Waals surface area contributed by atoms with Crippen LogP contribution in [0.25, 0.3) is 0 Å². The molecule has 1 aliphatic rings. The Morgan fingerprint density at radius 2 is 1.80 bits per heavy atom. The lowest BCUT2D eigenvalue weighted by atomic mass is 9.82. The highest BCUT2D eigenvalue weighted by Crippen LogP contribution is 2.31. The normalized spacial score (nSPS) is 22.4. The molecule has 0 radical (unpaired) electrons. The number of nitrogens with zero attached hydrogens (tertiary/aromatic N) is 1. The Labute approximate surface area is 122 Å². The van der Waals surface area contributed by atoms with Gasteiger partial charge in [0.2, 0.25) is 0 Å². The number of hydrogen-bond acceptors (Lipinski definition) is 3. The van der Waals surface area contributed by atoms with Crippen molar-refractivity contribution in [3.63, 3.8) is 0 Å². The number of hydrogen-bond donors (Lipinski definition) is 2. The maximum Gasteiger partial charge on any atom is 0.103 e. The molecule has 3 heteroatoms. The SMILES string of the molecule is CC1(C)CCN(CCC(O)(CN)c2ccccc2)CC1. The van der Waals surface area contributed by atoms with Crippen LogP contribution in [-0.2, 0) is 5.60 Å². The van der Waals surface area contributed by atoms with Crippen LogP contribution in [0, 0.1) is 5.41 Å². The average Bonchev–Trinajstić information content (AvgIpc) is 2.47. The van der Waals surface area contributed by atoms with Crippen molar-refractivity contribution in [2.75, 3.05) is 26.2 Å². The number of piperidine rings is 1. The van der Waals surface area contributed by atoms with E-state index in [1.807, 2.05) is 30.3 Å². The molecule has 112 valence electrons. The molecule has 1 atom stereocenters. The number of benzene rings is 1. The lowest BCUT2D eigenvalue weighted by Gasteiger charge is -2.38. The molecule has 1 saturated heterocycles. The standard InChI is InChI=1S/C17H28N2O/c1-16(2)8-11-19(12-9-16)13-10-17(20,14-18)15-6-4-3-5-7-15/h3-7,20H,8-14,18H2,1-2H3. The Hall–Kier alpha value is -0.900. The topological polar surface area (TPSA) is 49.5 Å². The van der Waals surface area contributed by atoms with Crippen molar-refractivity contribution in [1.82, 2.24) is 4.90 Å². The van der Waals surface area contributed by atoms with Crippen LogP contribution >= 0.6 is 0 Å². The largest absolute Gasteiger partial charge is 0.384 e. The van der Waals surface area contributed by atoms with Crippen molar-refractivity contribution >= 4 is 0 Å². The molecule has 0 bridgehead atoms. The fraction of sp³-hybridized carbons (Fsp3) is 0.647. The first kappa shape index (κ1) is 15.5. The Kier molecular flexibility index (Phi) is 4.84. The molecule has 1 aromatic carbocycles. The van der Waals surface area contributed by atoms with Crippen molar-refractivity contribution < 1.29 is 5.11 Å². The summed E-state index contributed by atoms with van der Waals surface area (Å²) in [5.41, 5.74) is 6.34. The van der Waals surface area contributed by atoms with E-state index < -0.39 is 5.60 Å². The fourth-order valence-electron chi connectivity index (χ4n) is 2.84. The molecule has 1 heterocycles. The second-order valence-electron chi connectivity index (χ2n) is 6.86. The quantitative estimate of drug-likeness (QED) is 0.868. The van der Waals surface area contributed by atoms with E-state index in [0.29, 0.717) is 11.8 Å². The third kappa shape index (κ3) is 3.81. The second-order valence-corrected chi connectivity index (χ2v) is 6.86. The van der Waals surface area contributed by atoms with Crippen LogP contribution in [0.1, 0.15) is 38.7 Å². The lowest BCUT2D eigenvalue weighted by molar-refractivity contribution is 0.0187. The predicted octanol–water partition coefficient (Wildman–Crippen LogP) is 2.34. The molecular formula is C17H28N2O. The smallest absolute Gasteiger partial charge is 0.103 e. The summed E-state index contributed by atoms with van der Waals surface area (Å²) in [5.74, 6) is 0. The summed E-state index contributed by atoms with van der Waals surface area (Å²) in [6, 6.07) is 9.81. The van der Waals surface area contributed by atoms with Crippen molar-refractivity contribution in [2.24, 2.45) is 11.1 Å². The number of rotatable bonds is 5. The zero-order valence-electron chi connectivity index (χ0n) is 12.8. The third-order valence-corrected chi connectivity index (χ3v) is 4.70. The minimum Gasteiger partial charge on any atom is -0.384 e. The van der Waals surface area contributed by atoms with Gasteiger partial charge in [0.25, 0.3) is 0 Å². The van der Waals surface area contributed by atoms with Gasteiger partial charge in [0.1, 0.15) is 5.60 Å². The summed E-state index contributed by atoms with van der Waals surface area (Å²) in [6.07, 6.45) is 3.17. The highest BCUT2D eigenvalue weighted by Gasteiger charge is 2.30. The molecule has 3 nitrogen and oxygen atoms in total. The monoisotopic (exact) mass is 276 g/mol. The molecule has 20 heavy (non-hydrogen) atoms. The first-order valence-electron chi connectivity index (χ1n) is 7.66. The first-order valence-corrected chi connectivity index (χ1v) is 7.66. The zero-order valence-corrected chi connectivity index (χ0v) is 12.8. The van der Waals surface area contributed by atoms with Gasteiger partial charge in [-0.15, -0.1) is 0 Å². The van der Waals surface area contributed by atoms with E-state index in [2.05, 4.69) is 18.7 Å². The summed E-state index contributed by atoms with van der Waals surface area (Å²) in [7, 11) is 0. The Balaban J connectivity index is 1.92. The highest BCUT2D eigenvalue weighted by molar-refractivity contribution is 5.22. The molecule has 1 unspecified atom stereocenters. The van der Waals surface area contributed by atoms with Crippen LogP contribution in [0.2, 0.25) is 0 Å². The Morgan fingerprint density at radius 1 is 1.20 bits per heavy atom. The summed E-state index contributed by atoms with van der Waals surface area (Å²) in [5, 5.41) is 10.8. The van der Waals surface area contributed by atoms with Crippen LogP contribution in [0.5, 0.6) is 0 Å². The van der Waals surface area contributed by atoms with E-state index >= 15 is 0 Å². The number of nitrogens with two attached hydrogens (primary N) is 1. The van der Waals surface area contributed by atoms with Crippen LogP contribution < -0.4 is 5.73 Å². The molecule has 3 N–H and O–H groups in total. The van der Waals surface area contributed by atoms with E-state index in [1.165, 1.54) is 12.8 Å². The molecule has 1 fully saturated rings. The van der Waals surface area contributed by atoms with Gasteiger partial charge in [-0.25, -0.2) is 0 Å². The van der Waals surface area contributed by atoms with Gasteiger partial charge in [0, 0.05) is 13.1 Å². The van der Waals surface area contributed by atoms with E-state index in [0.717, 1.165) is 25.2 Å². The molecule has 1 aromatic rings. The van der Waals surface area contributed by atoms with Crippen LogP contribution in [0.4, 0.5) is 0 Å². The maximum atomic E-state index is 10.8.